The zero-order chi connectivity index (χ0) is 14.4. The van der Waals surface area contributed by atoms with Crippen molar-refractivity contribution in [3.8, 4) is 0 Å². The van der Waals surface area contributed by atoms with Crippen molar-refractivity contribution in [3.05, 3.63) is 11.1 Å². The third kappa shape index (κ3) is 4.19. The summed E-state index contributed by atoms with van der Waals surface area (Å²) in [7, 11) is 0. The molecule has 1 N–H and O–H groups in total. The number of rotatable bonds is 7. The van der Waals surface area contributed by atoms with E-state index in [-0.39, 0.29) is 0 Å². The molecule has 1 aromatic rings. The zero-order valence-corrected chi connectivity index (χ0v) is 14.0. The maximum absolute atomic E-state index is 4.54. The molecule has 0 spiro atoms. The second-order valence-corrected chi connectivity index (χ2v) is 7.03. The highest BCUT2D eigenvalue weighted by Crippen LogP contribution is 2.29. The number of hydrogen-bond donors (Lipinski definition) is 1. The van der Waals surface area contributed by atoms with Gasteiger partial charge in [0.05, 0.1) is 0 Å². The standard InChI is InChI=1S/C16H29N3S/c1-4-19(5-2)16-18-12-15(20-16)11-17-10-14-9-7-6-8-13(14)3/h12-14,17H,4-11H2,1-3H3. The Morgan fingerprint density at radius 1 is 1.30 bits per heavy atom. The number of anilines is 1. The molecule has 1 saturated carbocycles. The second-order valence-electron chi connectivity index (χ2n) is 5.93. The van der Waals surface area contributed by atoms with Crippen LogP contribution in [0.1, 0.15) is 51.3 Å². The van der Waals surface area contributed by atoms with Gasteiger partial charge in [-0.25, -0.2) is 4.98 Å². The van der Waals surface area contributed by atoms with E-state index in [4.69, 9.17) is 0 Å². The third-order valence-corrected chi connectivity index (χ3v) is 5.63. The summed E-state index contributed by atoms with van der Waals surface area (Å²) in [5.74, 6) is 1.77. The van der Waals surface area contributed by atoms with Crippen molar-refractivity contribution in [2.45, 2.75) is 53.0 Å². The summed E-state index contributed by atoms with van der Waals surface area (Å²) in [6, 6.07) is 0. The zero-order valence-electron chi connectivity index (χ0n) is 13.2. The van der Waals surface area contributed by atoms with Gasteiger partial charge in [-0.2, -0.15) is 0 Å². The lowest BCUT2D eigenvalue weighted by Crippen LogP contribution is -2.28. The van der Waals surface area contributed by atoms with Gasteiger partial charge in [-0.15, -0.1) is 11.3 Å². The minimum atomic E-state index is 0.874. The molecule has 2 atom stereocenters. The number of nitrogens with zero attached hydrogens (tertiary/aromatic N) is 2. The van der Waals surface area contributed by atoms with E-state index in [1.165, 1.54) is 37.1 Å². The van der Waals surface area contributed by atoms with E-state index < -0.39 is 0 Å². The first-order chi connectivity index (χ1) is 9.74. The van der Waals surface area contributed by atoms with Gasteiger partial charge >= 0.3 is 0 Å². The quantitative estimate of drug-likeness (QED) is 0.827. The molecule has 0 radical (unpaired) electrons. The maximum Gasteiger partial charge on any atom is 0.185 e. The van der Waals surface area contributed by atoms with Gasteiger partial charge in [0, 0.05) is 30.7 Å². The van der Waals surface area contributed by atoms with Gasteiger partial charge in [-0.05, 0) is 38.6 Å². The van der Waals surface area contributed by atoms with Crippen molar-refractivity contribution in [3.63, 3.8) is 0 Å². The van der Waals surface area contributed by atoms with Crippen molar-refractivity contribution in [2.75, 3.05) is 24.5 Å². The van der Waals surface area contributed by atoms with Crippen LogP contribution in [0.4, 0.5) is 5.13 Å². The molecule has 0 aliphatic heterocycles. The average Bonchev–Trinajstić information content (AvgIpc) is 2.91. The molecule has 0 bridgehead atoms. The summed E-state index contributed by atoms with van der Waals surface area (Å²) in [5, 5.41) is 4.81. The van der Waals surface area contributed by atoms with Crippen LogP contribution in [0.25, 0.3) is 0 Å². The van der Waals surface area contributed by atoms with Crippen molar-refractivity contribution in [2.24, 2.45) is 11.8 Å². The fourth-order valence-corrected chi connectivity index (χ4v) is 4.10. The first-order valence-corrected chi connectivity index (χ1v) is 8.96. The first-order valence-electron chi connectivity index (χ1n) is 8.15. The number of aromatic nitrogens is 1. The molecule has 1 heterocycles. The van der Waals surface area contributed by atoms with E-state index in [1.54, 1.807) is 0 Å². The Labute approximate surface area is 127 Å². The first kappa shape index (κ1) is 15.8. The molecule has 4 heteroatoms. The molecule has 1 fully saturated rings. The Balaban J connectivity index is 1.76. The fourth-order valence-electron chi connectivity index (χ4n) is 3.10. The van der Waals surface area contributed by atoms with Crippen molar-refractivity contribution in [1.82, 2.24) is 10.3 Å². The van der Waals surface area contributed by atoms with Crippen LogP contribution >= 0.6 is 11.3 Å². The summed E-state index contributed by atoms with van der Waals surface area (Å²) in [4.78, 5) is 8.22. The molecular formula is C16H29N3S. The van der Waals surface area contributed by atoms with Crippen molar-refractivity contribution >= 4 is 16.5 Å². The molecule has 1 aliphatic rings. The summed E-state index contributed by atoms with van der Waals surface area (Å²) in [6.45, 7) is 11.0. The van der Waals surface area contributed by atoms with Crippen LogP contribution in [-0.4, -0.2) is 24.6 Å². The maximum atomic E-state index is 4.54. The summed E-state index contributed by atoms with van der Waals surface area (Å²) >= 11 is 1.83. The van der Waals surface area contributed by atoms with Gasteiger partial charge in [0.1, 0.15) is 0 Å². The molecule has 114 valence electrons. The van der Waals surface area contributed by atoms with E-state index in [1.807, 2.05) is 17.5 Å². The van der Waals surface area contributed by atoms with Crippen LogP contribution in [0.5, 0.6) is 0 Å². The predicted octanol–water partition coefficient (Wildman–Crippen LogP) is 3.91. The lowest BCUT2D eigenvalue weighted by Gasteiger charge is -2.28. The van der Waals surface area contributed by atoms with Gasteiger partial charge in [-0.3, -0.25) is 0 Å². The molecular weight excluding hydrogens is 266 g/mol. The lowest BCUT2D eigenvalue weighted by atomic mass is 9.80. The molecule has 0 saturated heterocycles. The molecule has 1 aromatic heterocycles. The largest absolute Gasteiger partial charge is 0.349 e. The summed E-state index contributed by atoms with van der Waals surface area (Å²) in [6.07, 6.45) is 7.71. The predicted molar refractivity (Wildman–Crippen MR) is 88.5 cm³/mol. The van der Waals surface area contributed by atoms with E-state index >= 15 is 0 Å². The highest BCUT2D eigenvalue weighted by atomic mass is 32.1. The lowest BCUT2D eigenvalue weighted by molar-refractivity contribution is 0.248. The number of thiazole rings is 1. The summed E-state index contributed by atoms with van der Waals surface area (Å²) in [5.41, 5.74) is 0. The minimum Gasteiger partial charge on any atom is -0.349 e. The van der Waals surface area contributed by atoms with Gasteiger partial charge in [0.25, 0.3) is 0 Å². The van der Waals surface area contributed by atoms with E-state index in [9.17, 15) is 0 Å². The van der Waals surface area contributed by atoms with Crippen LogP contribution in [0.2, 0.25) is 0 Å². The van der Waals surface area contributed by atoms with E-state index in [0.29, 0.717) is 0 Å². The SMILES string of the molecule is CCN(CC)c1ncc(CNCC2CCCCC2C)s1. The van der Waals surface area contributed by atoms with Crippen molar-refractivity contribution < 1.29 is 0 Å². The molecule has 1 aliphatic carbocycles. The van der Waals surface area contributed by atoms with Gasteiger partial charge in [0.2, 0.25) is 0 Å². The summed E-state index contributed by atoms with van der Waals surface area (Å²) < 4.78 is 0. The molecule has 2 unspecified atom stereocenters. The fraction of sp³-hybridized carbons (Fsp3) is 0.812. The van der Waals surface area contributed by atoms with Crippen LogP contribution in [0.15, 0.2) is 6.20 Å². The van der Waals surface area contributed by atoms with Crippen LogP contribution < -0.4 is 10.2 Å². The van der Waals surface area contributed by atoms with E-state index in [2.05, 4.69) is 36.0 Å². The van der Waals surface area contributed by atoms with Gasteiger partial charge in [0.15, 0.2) is 5.13 Å². The monoisotopic (exact) mass is 295 g/mol. The van der Waals surface area contributed by atoms with E-state index in [0.717, 1.165) is 36.6 Å². The Morgan fingerprint density at radius 2 is 2.05 bits per heavy atom. The highest BCUT2D eigenvalue weighted by Gasteiger charge is 2.20. The highest BCUT2D eigenvalue weighted by molar-refractivity contribution is 7.15. The molecule has 0 amide bonds. The molecule has 3 nitrogen and oxygen atoms in total. The average molecular weight is 295 g/mol. The normalized spacial score (nSPS) is 22.9. The molecule has 0 aromatic carbocycles. The smallest absolute Gasteiger partial charge is 0.185 e. The molecule has 2 rings (SSSR count). The van der Waals surface area contributed by atoms with Crippen LogP contribution in [-0.2, 0) is 6.54 Å². The second kappa shape index (κ2) is 7.99. The third-order valence-electron chi connectivity index (χ3n) is 4.57. The molecule has 20 heavy (non-hydrogen) atoms. The van der Waals surface area contributed by atoms with Gasteiger partial charge in [-0.1, -0.05) is 26.2 Å². The topological polar surface area (TPSA) is 28.2 Å². The van der Waals surface area contributed by atoms with Gasteiger partial charge < -0.3 is 10.2 Å². The Kier molecular flexibility index (Phi) is 6.30. The Bertz CT molecular complexity index is 387. The Hall–Kier alpha value is -0.610. The number of nitrogens with one attached hydrogen (secondary N) is 1. The minimum absolute atomic E-state index is 0.874. The Morgan fingerprint density at radius 3 is 2.75 bits per heavy atom. The van der Waals surface area contributed by atoms with Crippen LogP contribution in [0, 0.1) is 11.8 Å². The van der Waals surface area contributed by atoms with Crippen molar-refractivity contribution in [1.29, 1.82) is 0 Å². The van der Waals surface area contributed by atoms with Crippen LogP contribution in [0.3, 0.4) is 0 Å². The number of hydrogen-bond acceptors (Lipinski definition) is 4.